The van der Waals surface area contributed by atoms with Crippen molar-refractivity contribution in [2.75, 3.05) is 6.54 Å². The predicted molar refractivity (Wildman–Crippen MR) is 112 cm³/mol. The summed E-state index contributed by atoms with van der Waals surface area (Å²) >= 11 is 0. The lowest BCUT2D eigenvalue weighted by atomic mass is 10.1. The Hall–Kier alpha value is -3.93. The average molecular weight is 447 g/mol. The number of aromatic amines is 1. The van der Waals surface area contributed by atoms with Crippen molar-refractivity contribution in [3.05, 3.63) is 36.0 Å². The number of H-pyrrole nitrogens is 1. The van der Waals surface area contributed by atoms with Crippen molar-refractivity contribution in [3.63, 3.8) is 0 Å². The molecular weight excluding hydrogens is 422 g/mol. The fraction of sp³-hybridized carbons (Fsp3) is 0.350. The van der Waals surface area contributed by atoms with Gasteiger partial charge in [0.25, 0.3) is 0 Å². The molecule has 0 aliphatic heterocycles. The number of carboxylic acids is 2. The number of hydrogen-bond donors (Lipinski definition) is 7. The summed E-state index contributed by atoms with van der Waals surface area (Å²) in [6, 6.07) is 3.76. The number of amides is 3. The van der Waals surface area contributed by atoms with Crippen LogP contribution >= 0.6 is 0 Å². The first-order valence-electron chi connectivity index (χ1n) is 9.71. The van der Waals surface area contributed by atoms with Crippen LogP contribution < -0.4 is 21.7 Å². The van der Waals surface area contributed by atoms with E-state index in [0.29, 0.717) is 0 Å². The van der Waals surface area contributed by atoms with Crippen molar-refractivity contribution in [1.29, 1.82) is 0 Å². The molecule has 0 spiro atoms. The minimum Gasteiger partial charge on any atom is -0.481 e. The number of nitrogens with one attached hydrogen (secondary N) is 4. The van der Waals surface area contributed by atoms with Crippen LogP contribution in [0.4, 0.5) is 0 Å². The molecule has 1 heterocycles. The van der Waals surface area contributed by atoms with Gasteiger partial charge in [0, 0.05) is 17.1 Å². The Kier molecular flexibility index (Phi) is 8.30. The van der Waals surface area contributed by atoms with Crippen molar-refractivity contribution in [2.45, 2.75) is 37.9 Å². The molecule has 0 saturated heterocycles. The zero-order chi connectivity index (χ0) is 23.8. The van der Waals surface area contributed by atoms with Crippen LogP contribution in [0.5, 0.6) is 0 Å². The molecule has 3 amide bonds. The Morgan fingerprint density at radius 2 is 1.75 bits per heavy atom. The van der Waals surface area contributed by atoms with Gasteiger partial charge >= 0.3 is 11.9 Å². The van der Waals surface area contributed by atoms with E-state index < -0.39 is 60.8 Å². The van der Waals surface area contributed by atoms with Crippen molar-refractivity contribution >= 4 is 40.6 Å². The van der Waals surface area contributed by atoms with Gasteiger partial charge in [-0.25, -0.2) is 0 Å². The normalized spacial score (nSPS) is 13.6. The zero-order valence-electron chi connectivity index (χ0n) is 17.3. The smallest absolute Gasteiger partial charge is 0.325 e. The first-order valence-corrected chi connectivity index (χ1v) is 9.71. The highest BCUT2D eigenvalue weighted by atomic mass is 16.4. The number of nitrogens with two attached hydrogens (primary N) is 1. The lowest BCUT2D eigenvalue weighted by molar-refractivity contribution is -0.143. The molecule has 0 aliphatic carbocycles. The standard InChI is InChI=1S/C20H25N5O7/c1-10(20(31)32)24-19(30)15(7-17(27)28)25-16(26)9-23-18(29)13(21)6-11-8-22-14-5-3-2-4-12(11)14/h2-5,8,10,13,15,22H,6-7,9,21H2,1H3,(H,23,29)(H,24,30)(H,25,26)(H,27,28)(H,31,32). The number of fused-ring (bicyclic) bond motifs is 1. The van der Waals surface area contributed by atoms with Crippen LogP contribution in [0.2, 0.25) is 0 Å². The van der Waals surface area contributed by atoms with Crippen LogP contribution in [-0.4, -0.2) is 69.5 Å². The molecule has 0 aliphatic rings. The first-order chi connectivity index (χ1) is 15.1. The van der Waals surface area contributed by atoms with E-state index in [4.69, 9.17) is 15.9 Å². The van der Waals surface area contributed by atoms with Crippen LogP contribution in [0.3, 0.4) is 0 Å². The van der Waals surface area contributed by atoms with Gasteiger partial charge in [-0.05, 0) is 25.0 Å². The molecule has 2 aromatic rings. The lowest BCUT2D eigenvalue weighted by Crippen LogP contribution is -2.53. The number of hydrogen-bond acceptors (Lipinski definition) is 6. The third kappa shape index (κ3) is 6.80. The second-order valence-corrected chi connectivity index (χ2v) is 7.17. The number of aromatic nitrogens is 1. The fourth-order valence-corrected chi connectivity index (χ4v) is 2.93. The van der Waals surface area contributed by atoms with Gasteiger partial charge in [0.2, 0.25) is 17.7 Å². The Bertz CT molecular complexity index is 1020. The Balaban J connectivity index is 1.89. The summed E-state index contributed by atoms with van der Waals surface area (Å²) in [6.45, 7) is 0.646. The third-order valence-electron chi connectivity index (χ3n) is 4.63. The van der Waals surface area contributed by atoms with Crippen LogP contribution in [0.15, 0.2) is 30.5 Å². The van der Waals surface area contributed by atoms with Gasteiger partial charge in [0.1, 0.15) is 12.1 Å². The largest absolute Gasteiger partial charge is 0.481 e. The monoisotopic (exact) mass is 447 g/mol. The van der Waals surface area contributed by atoms with Gasteiger partial charge in [0.05, 0.1) is 19.0 Å². The van der Waals surface area contributed by atoms with Crippen LogP contribution in [0, 0.1) is 0 Å². The summed E-state index contributed by atoms with van der Waals surface area (Å²) < 4.78 is 0. The first kappa shape index (κ1) is 24.3. The molecule has 2 rings (SSSR count). The van der Waals surface area contributed by atoms with Crippen LogP contribution in [0.1, 0.15) is 18.9 Å². The zero-order valence-corrected chi connectivity index (χ0v) is 17.3. The van der Waals surface area contributed by atoms with Gasteiger partial charge in [-0.1, -0.05) is 18.2 Å². The average Bonchev–Trinajstić information content (AvgIpc) is 3.13. The predicted octanol–water partition coefficient (Wildman–Crippen LogP) is -1.30. The second-order valence-electron chi connectivity index (χ2n) is 7.17. The molecule has 0 radical (unpaired) electrons. The van der Waals surface area contributed by atoms with Crippen molar-refractivity contribution in [3.8, 4) is 0 Å². The maximum atomic E-state index is 12.3. The molecule has 12 heteroatoms. The summed E-state index contributed by atoms with van der Waals surface area (Å²) in [7, 11) is 0. The minimum atomic E-state index is -1.52. The second kappa shape index (κ2) is 10.9. The van der Waals surface area contributed by atoms with Gasteiger partial charge in [-0.2, -0.15) is 0 Å². The summed E-state index contributed by atoms with van der Waals surface area (Å²) in [5.41, 5.74) is 7.66. The number of aliphatic carboxylic acids is 2. The Labute approximate surface area is 182 Å². The number of carbonyl (C=O) groups is 5. The molecular formula is C20H25N5O7. The number of benzene rings is 1. The number of carboxylic acid groups (broad SMARTS) is 2. The fourth-order valence-electron chi connectivity index (χ4n) is 2.93. The van der Waals surface area contributed by atoms with E-state index in [1.54, 1.807) is 6.20 Å². The van der Waals surface area contributed by atoms with Gasteiger partial charge < -0.3 is 36.9 Å². The maximum absolute atomic E-state index is 12.3. The van der Waals surface area contributed by atoms with Gasteiger partial charge in [-0.3, -0.25) is 24.0 Å². The Morgan fingerprint density at radius 1 is 1.06 bits per heavy atom. The van der Waals surface area contributed by atoms with E-state index in [9.17, 15) is 24.0 Å². The van der Waals surface area contributed by atoms with E-state index in [1.807, 2.05) is 24.3 Å². The number of rotatable bonds is 11. The maximum Gasteiger partial charge on any atom is 0.325 e. The molecule has 1 aromatic heterocycles. The van der Waals surface area contributed by atoms with Gasteiger partial charge in [0.15, 0.2) is 0 Å². The third-order valence-corrected chi connectivity index (χ3v) is 4.63. The molecule has 8 N–H and O–H groups in total. The van der Waals surface area contributed by atoms with Crippen LogP contribution in [0.25, 0.3) is 10.9 Å². The highest BCUT2D eigenvalue weighted by Crippen LogP contribution is 2.18. The molecule has 32 heavy (non-hydrogen) atoms. The van der Waals surface area contributed by atoms with Gasteiger partial charge in [-0.15, -0.1) is 0 Å². The summed E-state index contributed by atoms with van der Waals surface area (Å²) in [5.74, 6) is -5.11. The van der Waals surface area contributed by atoms with E-state index in [1.165, 1.54) is 6.92 Å². The highest BCUT2D eigenvalue weighted by Gasteiger charge is 2.27. The van der Waals surface area contributed by atoms with Crippen LogP contribution in [-0.2, 0) is 30.4 Å². The van der Waals surface area contributed by atoms with Crippen molar-refractivity contribution in [2.24, 2.45) is 5.73 Å². The van der Waals surface area contributed by atoms with Crippen molar-refractivity contribution < 1.29 is 34.2 Å². The van der Waals surface area contributed by atoms with Crippen molar-refractivity contribution in [1.82, 2.24) is 20.9 Å². The van der Waals surface area contributed by atoms with E-state index in [2.05, 4.69) is 20.9 Å². The molecule has 0 fully saturated rings. The molecule has 1 aromatic carbocycles. The lowest BCUT2D eigenvalue weighted by Gasteiger charge is -2.19. The summed E-state index contributed by atoms with van der Waals surface area (Å²) in [4.78, 5) is 61.4. The molecule has 12 nitrogen and oxygen atoms in total. The SMILES string of the molecule is CC(NC(=O)C(CC(=O)O)NC(=O)CNC(=O)C(N)Cc1c[nH]c2ccccc12)C(=O)O. The Morgan fingerprint density at radius 3 is 2.41 bits per heavy atom. The molecule has 0 saturated carbocycles. The molecule has 0 bridgehead atoms. The molecule has 3 atom stereocenters. The van der Waals surface area contributed by atoms with E-state index >= 15 is 0 Å². The van der Waals surface area contributed by atoms with E-state index in [0.717, 1.165) is 16.5 Å². The summed E-state index contributed by atoms with van der Waals surface area (Å²) in [5, 5.41) is 25.3. The number of para-hydroxylation sites is 1. The number of carbonyl (C=O) groups excluding carboxylic acids is 3. The quantitative estimate of drug-likeness (QED) is 0.220. The molecule has 3 unspecified atom stereocenters. The molecule has 172 valence electrons. The highest BCUT2D eigenvalue weighted by molar-refractivity contribution is 5.94. The van der Waals surface area contributed by atoms with E-state index in [-0.39, 0.29) is 6.42 Å². The minimum absolute atomic E-state index is 0.217. The summed E-state index contributed by atoms with van der Waals surface area (Å²) in [6.07, 6.45) is 1.20. The topological polar surface area (TPSA) is 204 Å².